The lowest BCUT2D eigenvalue weighted by atomic mass is 10.0. The summed E-state index contributed by atoms with van der Waals surface area (Å²) in [6.07, 6.45) is 1.58. The van der Waals surface area contributed by atoms with Gasteiger partial charge < -0.3 is 4.74 Å². The number of fused-ring (bicyclic) bond motifs is 1. The molecule has 0 aliphatic heterocycles. The largest absolute Gasteiger partial charge is 0.489 e. The van der Waals surface area contributed by atoms with E-state index >= 15 is 0 Å². The van der Waals surface area contributed by atoms with Crippen molar-refractivity contribution in [3.63, 3.8) is 0 Å². The molecule has 0 saturated carbocycles. The van der Waals surface area contributed by atoms with Crippen LogP contribution in [-0.2, 0) is 0 Å². The van der Waals surface area contributed by atoms with Crippen LogP contribution in [0, 0.1) is 35.1 Å². The van der Waals surface area contributed by atoms with Crippen molar-refractivity contribution in [1.29, 1.82) is 0 Å². The smallest absolute Gasteiger partial charge is 0.195 e. The van der Waals surface area contributed by atoms with Crippen LogP contribution in [0.3, 0.4) is 0 Å². The lowest BCUT2D eigenvalue weighted by Gasteiger charge is -2.07. The topological polar surface area (TPSA) is 9.23 Å². The van der Waals surface area contributed by atoms with E-state index < -0.39 is 23.3 Å². The van der Waals surface area contributed by atoms with E-state index in [1.54, 1.807) is 42.5 Å². The quantitative estimate of drug-likeness (QED) is 0.146. The second-order valence-corrected chi connectivity index (χ2v) is 6.99. The first-order chi connectivity index (χ1) is 15.5. The molecule has 0 aromatic heterocycles. The number of ether oxygens (including phenoxy) is 1. The molecule has 0 fully saturated rings. The molecule has 0 radical (unpaired) electrons. The Morgan fingerprint density at radius 3 is 2.19 bits per heavy atom. The first-order valence-electron chi connectivity index (χ1n) is 9.69. The van der Waals surface area contributed by atoms with Gasteiger partial charge in [-0.3, -0.25) is 0 Å². The van der Waals surface area contributed by atoms with Crippen LogP contribution < -0.4 is 4.74 Å². The summed E-state index contributed by atoms with van der Waals surface area (Å²) < 4.78 is 60.5. The standard InChI is InChI=1S/C27H16F4O/c1-2-13-32-21-10-12-22(24(28)16-21)19-8-5-17(6-9-19)3-4-18-7-11-23-20(14-18)15-25(29)27(31)26(23)30/h2,5-12,14-16H,1,13H2. The van der Waals surface area contributed by atoms with E-state index in [2.05, 4.69) is 18.4 Å². The third-order valence-electron chi connectivity index (χ3n) is 4.83. The Labute approximate surface area is 182 Å². The van der Waals surface area contributed by atoms with Gasteiger partial charge in [0, 0.05) is 28.1 Å². The Bertz CT molecular complexity index is 1380. The summed E-state index contributed by atoms with van der Waals surface area (Å²) in [6, 6.07) is 17.0. The zero-order valence-corrected chi connectivity index (χ0v) is 16.8. The highest BCUT2D eigenvalue weighted by molar-refractivity contribution is 5.84. The molecule has 0 N–H and O–H groups in total. The molecule has 0 heterocycles. The molecule has 0 atom stereocenters. The molecule has 0 unspecified atom stereocenters. The molecule has 0 amide bonds. The summed E-state index contributed by atoms with van der Waals surface area (Å²) in [5.41, 5.74) is 2.31. The van der Waals surface area contributed by atoms with E-state index in [9.17, 15) is 17.6 Å². The lowest BCUT2D eigenvalue weighted by Crippen LogP contribution is -1.94. The van der Waals surface area contributed by atoms with Crippen molar-refractivity contribution in [2.45, 2.75) is 0 Å². The maximum Gasteiger partial charge on any atom is 0.195 e. The van der Waals surface area contributed by atoms with Gasteiger partial charge in [0.2, 0.25) is 0 Å². The Hall–Kier alpha value is -4.04. The van der Waals surface area contributed by atoms with Gasteiger partial charge in [-0.05, 0) is 53.4 Å². The van der Waals surface area contributed by atoms with Crippen molar-refractivity contribution in [2.24, 2.45) is 0 Å². The van der Waals surface area contributed by atoms with Gasteiger partial charge in [0.1, 0.15) is 18.2 Å². The third-order valence-corrected chi connectivity index (χ3v) is 4.83. The summed E-state index contributed by atoms with van der Waals surface area (Å²) in [4.78, 5) is 0. The molecule has 0 aliphatic rings. The van der Waals surface area contributed by atoms with E-state index in [0.717, 1.165) is 6.07 Å². The van der Waals surface area contributed by atoms with Crippen LogP contribution in [-0.4, -0.2) is 6.61 Å². The molecule has 4 aromatic rings. The fourth-order valence-corrected chi connectivity index (χ4v) is 3.24. The van der Waals surface area contributed by atoms with Gasteiger partial charge in [0.05, 0.1) is 0 Å². The maximum atomic E-state index is 14.4. The molecule has 4 aromatic carbocycles. The highest BCUT2D eigenvalue weighted by Gasteiger charge is 2.13. The van der Waals surface area contributed by atoms with Crippen molar-refractivity contribution in [3.05, 3.63) is 114 Å². The molecule has 0 spiro atoms. The second-order valence-electron chi connectivity index (χ2n) is 6.99. The van der Waals surface area contributed by atoms with Crippen molar-refractivity contribution < 1.29 is 22.3 Å². The van der Waals surface area contributed by atoms with Crippen LogP contribution in [0.2, 0.25) is 0 Å². The molecule has 4 rings (SSSR count). The van der Waals surface area contributed by atoms with Gasteiger partial charge in [-0.2, -0.15) is 0 Å². The molecule has 158 valence electrons. The Morgan fingerprint density at radius 2 is 1.47 bits per heavy atom. The SMILES string of the molecule is C=CCOc1ccc(-c2ccc(C#Cc3ccc4c(F)c(F)c(F)cc4c3)cc2)c(F)c1. The zero-order valence-electron chi connectivity index (χ0n) is 16.8. The van der Waals surface area contributed by atoms with Gasteiger partial charge in [-0.15, -0.1) is 0 Å². The van der Waals surface area contributed by atoms with Gasteiger partial charge >= 0.3 is 0 Å². The minimum absolute atomic E-state index is 0.0123. The van der Waals surface area contributed by atoms with Crippen LogP contribution >= 0.6 is 0 Å². The first-order valence-corrected chi connectivity index (χ1v) is 9.69. The summed E-state index contributed by atoms with van der Waals surface area (Å²) >= 11 is 0. The highest BCUT2D eigenvalue weighted by Crippen LogP contribution is 2.27. The van der Waals surface area contributed by atoms with E-state index in [-0.39, 0.29) is 10.8 Å². The van der Waals surface area contributed by atoms with Crippen LogP contribution in [0.5, 0.6) is 5.75 Å². The lowest BCUT2D eigenvalue weighted by molar-refractivity contribution is 0.361. The van der Waals surface area contributed by atoms with E-state index in [1.807, 2.05) is 0 Å². The highest BCUT2D eigenvalue weighted by atomic mass is 19.2. The minimum atomic E-state index is -1.49. The number of halogens is 4. The van der Waals surface area contributed by atoms with Crippen LogP contribution in [0.4, 0.5) is 17.6 Å². The summed E-state index contributed by atoms with van der Waals surface area (Å²) in [7, 11) is 0. The maximum absolute atomic E-state index is 14.4. The molecular formula is C27H16F4O. The van der Waals surface area contributed by atoms with Crippen molar-refractivity contribution in [2.75, 3.05) is 6.61 Å². The zero-order chi connectivity index (χ0) is 22.7. The average Bonchev–Trinajstić information content (AvgIpc) is 2.80. The molecule has 0 bridgehead atoms. The Balaban J connectivity index is 1.56. The molecule has 0 aliphatic carbocycles. The van der Waals surface area contributed by atoms with Gasteiger partial charge in [-0.25, -0.2) is 17.6 Å². The van der Waals surface area contributed by atoms with Gasteiger partial charge in [0.25, 0.3) is 0 Å². The molecular weight excluding hydrogens is 416 g/mol. The van der Waals surface area contributed by atoms with Crippen molar-refractivity contribution >= 4 is 10.8 Å². The summed E-state index contributed by atoms with van der Waals surface area (Å²) in [5, 5.41) is 0.210. The number of benzene rings is 4. The summed E-state index contributed by atoms with van der Waals surface area (Å²) in [5.74, 6) is 1.93. The molecule has 0 saturated heterocycles. The van der Waals surface area contributed by atoms with E-state index in [0.29, 0.717) is 34.6 Å². The van der Waals surface area contributed by atoms with Crippen molar-refractivity contribution in [3.8, 4) is 28.7 Å². The third kappa shape index (κ3) is 4.35. The van der Waals surface area contributed by atoms with E-state index in [1.165, 1.54) is 24.3 Å². The predicted molar refractivity (Wildman–Crippen MR) is 117 cm³/mol. The molecule has 5 heteroatoms. The number of rotatable bonds is 4. The number of hydrogen-bond donors (Lipinski definition) is 0. The molecule has 32 heavy (non-hydrogen) atoms. The predicted octanol–water partition coefficient (Wildman–Crippen LogP) is 7.03. The van der Waals surface area contributed by atoms with Crippen LogP contribution in [0.1, 0.15) is 11.1 Å². The first kappa shape index (κ1) is 21.2. The average molecular weight is 432 g/mol. The Morgan fingerprint density at radius 1 is 0.750 bits per heavy atom. The monoisotopic (exact) mass is 432 g/mol. The van der Waals surface area contributed by atoms with Gasteiger partial charge in [0.15, 0.2) is 17.5 Å². The number of hydrogen-bond acceptors (Lipinski definition) is 1. The summed E-state index contributed by atoms with van der Waals surface area (Å²) in [6.45, 7) is 3.85. The van der Waals surface area contributed by atoms with Crippen LogP contribution in [0.15, 0.2) is 79.4 Å². The van der Waals surface area contributed by atoms with Crippen molar-refractivity contribution in [1.82, 2.24) is 0 Å². The van der Waals surface area contributed by atoms with Crippen LogP contribution in [0.25, 0.3) is 21.9 Å². The van der Waals surface area contributed by atoms with Gasteiger partial charge in [-0.1, -0.05) is 42.7 Å². The fraction of sp³-hybridized carbons (Fsp3) is 0.0370. The minimum Gasteiger partial charge on any atom is -0.489 e. The fourth-order valence-electron chi connectivity index (χ4n) is 3.24. The van der Waals surface area contributed by atoms with E-state index in [4.69, 9.17) is 4.74 Å². The normalized spacial score (nSPS) is 10.5. The Kier molecular flexibility index (Phi) is 5.96. The second kappa shape index (κ2) is 8.99. The molecule has 1 nitrogen and oxygen atoms in total.